The van der Waals surface area contributed by atoms with Gasteiger partial charge in [-0.25, -0.2) is 0 Å². The van der Waals surface area contributed by atoms with E-state index in [1.807, 2.05) is 6.07 Å². The predicted molar refractivity (Wildman–Crippen MR) is 68.3 cm³/mol. The van der Waals surface area contributed by atoms with Crippen molar-refractivity contribution in [3.63, 3.8) is 0 Å². The number of halogens is 2. The Hall–Kier alpha value is -0.240. The van der Waals surface area contributed by atoms with Crippen LogP contribution < -0.4 is 0 Å². The van der Waals surface area contributed by atoms with E-state index in [1.165, 1.54) is 18.5 Å². The van der Waals surface area contributed by atoms with Gasteiger partial charge in [-0.05, 0) is 44.0 Å². The molecule has 0 spiro atoms. The molecule has 1 aromatic rings. The molecule has 0 N–H and O–H groups in total. The second kappa shape index (κ2) is 3.38. The lowest BCUT2D eigenvalue weighted by Gasteiger charge is -2.26. The maximum atomic E-state index is 6.11. The fourth-order valence-corrected chi connectivity index (χ4v) is 3.67. The number of hydrogen-bond acceptors (Lipinski definition) is 1. The molecule has 1 nitrogen and oxygen atoms in total. The van der Waals surface area contributed by atoms with E-state index in [1.54, 1.807) is 0 Å². The normalized spacial score (nSPS) is 37.5. The van der Waals surface area contributed by atoms with Gasteiger partial charge in [0.2, 0.25) is 0 Å². The summed E-state index contributed by atoms with van der Waals surface area (Å²) in [4.78, 5) is 2.44. The molecule has 2 aliphatic rings. The third kappa shape index (κ3) is 1.28. The third-order valence-electron chi connectivity index (χ3n) is 4.52. The maximum Gasteiger partial charge on any atom is 0.0595 e. The van der Waals surface area contributed by atoms with Crippen LogP contribution in [0.3, 0.4) is 0 Å². The van der Waals surface area contributed by atoms with E-state index in [-0.39, 0.29) is 0 Å². The number of benzene rings is 1. The van der Waals surface area contributed by atoms with Gasteiger partial charge in [0.25, 0.3) is 0 Å². The van der Waals surface area contributed by atoms with Crippen LogP contribution in [-0.4, -0.2) is 24.5 Å². The van der Waals surface area contributed by atoms with Gasteiger partial charge in [-0.15, -0.1) is 0 Å². The highest BCUT2D eigenvalue weighted by atomic mass is 35.5. The van der Waals surface area contributed by atoms with Gasteiger partial charge < -0.3 is 4.90 Å². The highest BCUT2D eigenvalue weighted by Gasteiger charge is 2.64. The fraction of sp³-hybridized carbons (Fsp3) is 0.538. The zero-order valence-electron chi connectivity index (χ0n) is 9.50. The average molecular weight is 256 g/mol. The van der Waals surface area contributed by atoms with Crippen LogP contribution in [0.15, 0.2) is 18.2 Å². The Bertz CT molecular complexity index is 446. The van der Waals surface area contributed by atoms with Gasteiger partial charge in [0.15, 0.2) is 0 Å². The van der Waals surface area contributed by atoms with E-state index in [4.69, 9.17) is 23.2 Å². The minimum atomic E-state index is 0.350. The number of likely N-dealkylation sites (tertiary alicyclic amines) is 1. The quantitative estimate of drug-likeness (QED) is 0.742. The summed E-state index contributed by atoms with van der Waals surface area (Å²) in [5.74, 6) is 0.810. The van der Waals surface area contributed by atoms with Crippen LogP contribution in [-0.2, 0) is 5.41 Å². The van der Waals surface area contributed by atoms with Crippen molar-refractivity contribution in [2.45, 2.75) is 24.8 Å². The van der Waals surface area contributed by atoms with Gasteiger partial charge in [0.1, 0.15) is 0 Å². The first-order valence-corrected chi connectivity index (χ1v) is 6.47. The molecular weight excluding hydrogens is 241 g/mol. The van der Waals surface area contributed by atoms with Gasteiger partial charge in [-0.3, -0.25) is 0 Å². The summed E-state index contributed by atoms with van der Waals surface area (Å²) < 4.78 is 0. The monoisotopic (exact) mass is 255 g/mol. The van der Waals surface area contributed by atoms with Gasteiger partial charge in [-0.1, -0.05) is 29.3 Å². The first-order chi connectivity index (χ1) is 7.55. The van der Waals surface area contributed by atoms with Crippen molar-refractivity contribution in [1.29, 1.82) is 0 Å². The Morgan fingerprint density at radius 2 is 2.06 bits per heavy atom. The van der Waals surface area contributed by atoms with Crippen LogP contribution in [0.4, 0.5) is 0 Å². The van der Waals surface area contributed by atoms with Crippen molar-refractivity contribution in [3.05, 3.63) is 33.8 Å². The Labute approximate surface area is 106 Å². The number of nitrogens with zero attached hydrogens (tertiary/aromatic N) is 1. The number of piperidine rings is 1. The summed E-state index contributed by atoms with van der Waals surface area (Å²) in [5.41, 5.74) is 1.71. The smallest absolute Gasteiger partial charge is 0.0595 e. The molecule has 86 valence electrons. The van der Waals surface area contributed by atoms with Crippen molar-refractivity contribution in [1.82, 2.24) is 4.90 Å². The van der Waals surface area contributed by atoms with Crippen LogP contribution >= 0.6 is 23.2 Å². The molecule has 1 aliphatic carbocycles. The summed E-state index contributed by atoms with van der Waals surface area (Å²) in [5, 5.41) is 1.33. The molecule has 0 aromatic heterocycles. The van der Waals surface area contributed by atoms with Crippen molar-refractivity contribution in [2.24, 2.45) is 5.92 Å². The second-order valence-electron chi connectivity index (χ2n) is 5.19. The van der Waals surface area contributed by atoms with E-state index in [0.29, 0.717) is 21.5 Å². The molecule has 1 unspecified atom stereocenters. The molecule has 3 rings (SSSR count). The van der Waals surface area contributed by atoms with Gasteiger partial charge >= 0.3 is 0 Å². The van der Waals surface area contributed by atoms with Gasteiger partial charge in [0, 0.05) is 18.0 Å². The molecule has 2 fully saturated rings. The van der Waals surface area contributed by atoms with Crippen molar-refractivity contribution in [2.75, 3.05) is 13.6 Å². The van der Waals surface area contributed by atoms with Crippen LogP contribution in [0.25, 0.3) is 0 Å². The summed E-state index contributed by atoms with van der Waals surface area (Å²) in [6.45, 7) is 3.52. The number of fused-ring (bicyclic) bond motifs is 1. The molecule has 1 saturated carbocycles. The minimum absolute atomic E-state index is 0.350. The lowest BCUT2D eigenvalue weighted by Crippen LogP contribution is -2.33. The highest BCUT2D eigenvalue weighted by Crippen LogP contribution is 2.62. The van der Waals surface area contributed by atoms with E-state index >= 15 is 0 Å². The molecule has 0 radical (unpaired) electrons. The minimum Gasteiger partial charge on any atom is -0.302 e. The lowest BCUT2D eigenvalue weighted by atomic mass is 9.89. The number of rotatable bonds is 1. The molecule has 16 heavy (non-hydrogen) atoms. The van der Waals surface area contributed by atoms with E-state index in [0.717, 1.165) is 5.92 Å². The molecule has 1 heterocycles. The first kappa shape index (κ1) is 10.9. The molecule has 1 aliphatic heterocycles. The predicted octanol–water partition coefficient (Wildman–Crippen LogP) is 3.59. The summed E-state index contributed by atoms with van der Waals surface area (Å²) >= 11 is 12.1. The highest BCUT2D eigenvalue weighted by molar-refractivity contribution is 6.42. The summed E-state index contributed by atoms with van der Waals surface area (Å²) in [6.07, 6.45) is 1.30. The SMILES string of the molecule is C[C@H]1N(C)CC2C[C@@]21c1ccc(Cl)c(Cl)c1. The van der Waals surface area contributed by atoms with Crippen LogP contribution in [0.1, 0.15) is 18.9 Å². The largest absolute Gasteiger partial charge is 0.302 e. The Balaban J connectivity index is 2.02. The first-order valence-electron chi connectivity index (χ1n) is 5.71. The fourth-order valence-electron chi connectivity index (χ4n) is 3.37. The van der Waals surface area contributed by atoms with Crippen LogP contribution in [0.5, 0.6) is 0 Å². The zero-order valence-corrected chi connectivity index (χ0v) is 11.0. The number of likely N-dealkylation sites (N-methyl/N-ethyl adjacent to an activating group) is 1. The van der Waals surface area contributed by atoms with Gasteiger partial charge in [0.05, 0.1) is 10.0 Å². The van der Waals surface area contributed by atoms with Crippen LogP contribution in [0.2, 0.25) is 10.0 Å². The Kier molecular flexibility index (Phi) is 2.30. The van der Waals surface area contributed by atoms with Crippen molar-refractivity contribution >= 4 is 23.2 Å². The maximum absolute atomic E-state index is 6.11. The molecule has 3 heteroatoms. The number of hydrogen-bond donors (Lipinski definition) is 0. The second-order valence-corrected chi connectivity index (χ2v) is 6.00. The van der Waals surface area contributed by atoms with E-state index in [9.17, 15) is 0 Å². The third-order valence-corrected chi connectivity index (χ3v) is 5.26. The Morgan fingerprint density at radius 1 is 1.31 bits per heavy atom. The van der Waals surface area contributed by atoms with E-state index < -0.39 is 0 Å². The average Bonchev–Trinajstić information content (AvgIpc) is 2.90. The summed E-state index contributed by atoms with van der Waals surface area (Å²) in [7, 11) is 2.20. The summed E-state index contributed by atoms with van der Waals surface area (Å²) in [6, 6.07) is 6.73. The topological polar surface area (TPSA) is 3.24 Å². The molecule has 1 saturated heterocycles. The Morgan fingerprint density at radius 3 is 2.62 bits per heavy atom. The van der Waals surface area contributed by atoms with Gasteiger partial charge in [-0.2, -0.15) is 0 Å². The van der Waals surface area contributed by atoms with Crippen LogP contribution in [0, 0.1) is 5.92 Å². The van der Waals surface area contributed by atoms with Crippen molar-refractivity contribution < 1.29 is 0 Å². The zero-order chi connectivity index (χ0) is 11.5. The molecule has 3 atom stereocenters. The molecule has 1 aromatic carbocycles. The molecular formula is C13H15Cl2N. The van der Waals surface area contributed by atoms with E-state index in [2.05, 4.69) is 31.0 Å². The standard InChI is InChI=1S/C13H15Cl2N/c1-8-13(6-10(13)7-16(8)2)9-3-4-11(14)12(15)5-9/h3-5,8,10H,6-7H2,1-2H3/t8-,10?,13-/m1/s1. The van der Waals surface area contributed by atoms with Crippen molar-refractivity contribution in [3.8, 4) is 0 Å². The molecule has 0 amide bonds. The lowest BCUT2D eigenvalue weighted by molar-refractivity contribution is 0.273. The molecule has 0 bridgehead atoms.